The Bertz CT molecular complexity index is 243. The summed E-state index contributed by atoms with van der Waals surface area (Å²) in [5.41, 5.74) is 0. The lowest BCUT2D eigenvalue weighted by Crippen LogP contribution is -2.13. The molecule has 1 unspecified atom stereocenters. The summed E-state index contributed by atoms with van der Waals surface area (Å²) in [5, 5.41) is 0. The van der Waals surface area contributed by atoms with Crippen LogP contribution < -0.4 is 4.74 Å². The number of hydrogen-bond donors (Lipinski definition) is 0. The van der Waals surface area contributed by atoms with Crippen LogP contribution in [0.1, 0.15) is 19.8 Å². The summed E-state index contributed by atoms with van der Waals surface area (Å²) in [4.78, 5) is 3.94. The van der Waals surface area contributed by atoms with E-state index in [4.69, 9.17) is 4.74 Å². The number of nitrogens with zero attached hydrogens (tertiary/aromatic N) is 1. The molecule has 1 aromatic rings. The van der Waals surface area contributed by atoms with Crippen molar-refractivity contribution in [2.24, 2.45) is 5.92 Å². The second-order valence-electron chi connectivity index (χ2n) is 3.28. The van der Waals surface area contributed by atoms with Crippen LogP contribution in [0.3, 0.4) is 0 Å². The van der Waals surface area contributed by atoms with Crippen LogP contribution >= 0.6 is 0 Å². The van der Waals surface area contributed by atoms with Crippen LogP contribution in [0.15, 0.2) is 18.5 Å². The predicted molar refractivity (Wildman–Crippen MR) is 45.9 cm³/mol. The first-order chi connectivity index (χ1) is 5.86. The van der Waals surface area contributed by atoms with Crippen molar-refractivity contribution in [2.45, 2.75) is 25.9 Å². The highest BCUT2D eigenvalue weighted by Gasteiger charge is 2.29. The first-order valence-electron chi connectivity index (χ1n) is 4.34. The van der Waals surface area contributed by atoms with Crippen molar-refractivity contribution in [1.82, 2.24) is 4.98 Å². The summed E-state index contributed by atoms with van der Waals surface area (Å²) in [5.74, 6) is 1.60. The maximum atomic E-state index is 5.64. The molecule has 0 aromatic carbocycles. The van der Waals surface area contributed by atoms with Crippen molar-refractivity contribution >= 4 is 0 Å². The molecule has 1 radical (unpaired) electrons. The minimum Gasteiger partial charge on any atom is -0.489 e. The maximum absolute atomic E-state index is 5.64. The fourth-order valence-corrected chi connectivity index (χ4v) is 1.25. The molecule has 0 saturated heterocycles. The average molecular weight is 162 g/mol. The zero-order valence-electron chi connectivity index (χ0n) is 7.16. The summed E-state index contributed by atoms with van der Waals surface area (Å²) in [7, 11) is 0. The van der Waals surface area contributed by atoms with Gasteiger partial charge in [0.2, 0.25) is 0 Å². The Balaban J connectivity index is 1.94. The molecule has 0 spiro atoms. The highest BCUT2D eigenvalue weighted by atomic mass is 16.5. The number of rotatable bonds is 3. The zero-order valence-corrected chi connectivity index (χ0v) is 7.16. The largest absolute Gasteiger partial charge is 0.489 e. The molecule has 1 aliphatic rings. The van der Waals surface area contributed by atoms with Crippen LogP contribution in [0.25, 0.3) is 0 Å². The maximum Gasteiger partial charge on any atom is 0.138 e. The minimum atomic E-state index is 0.336. The van der Waals surface area contributed by atoms with Crippen LogP contribution in [0.5, 0.6) is 5.75 Å². The monoisotopic (exact) mass is 162 g/mol. The van der Waals surface area contributed by atoms with Gasteiger partial charge in [0.05, 0.1) is 12.3 Å². The van der Waals surface area contributed by atoms with Crippen molar-refractivity contribution in [3.05, 3.63) is 24.5 Å². The van der Waals surface area contributed by atoms with E-state index in [0.717, 1.165) is 11.7 Å². The first-order valence-corrected chi connectivity index (χ1v) is 4.34. The lowest BCUT2D eigenvalue weighted by atomic mass is 10.3. The molecule has 1 fully saturated rings. The molecule has 1 atom stereocenters. The van der Waals surface area contributed by atoms with Gasteiger partial charge in [-0.25, -0.2) is 0 Å². The molecule has 2 rings (SSSR count). The van der Waals surface area contributed by atoms with Gasteiger partial charge in [0.1, 0.15) is 5.75 Å². The molecule has 0 amide bonds. The Morgan fingerprint density at radius 1 is 1.67 bits per heavy atom. The highest BCUT2D eigenvalue weighted by molar-refractivity contribution is 5.15. The number of hydrogen-bond acceptors (Lipinski definition) is 2. The number of ether oxygens (including phenoxy) is 1. The van der Waals surface area contributed by atoms with Crippen molar-refractivity contribution in [3.63, 3.8) is 0 Å². The second-order valence-corrected chi connectivity index (χ2v) is 3.28. The third kappa shape index (κ3) is 1.76. The van der Waals surface area contributed by atoms with Gasteiger partial charge in [-0.05, 0) is 31.7 Å². The molecule has 1 heterocycles. The van der Waals surface area contributed by atoms with Crippen molar-refractivity contribution in [2.75, 3.05) is 0 Å². The highest BCUT2D eigenvalue weighted by Crippen LogP contribution is 2.34. The van der Waals surface area contributed by atoms with E-state index in [1.165, 1.54) is 12.8 Å². The SMILES string of the molecule is CC(Oc1c[c]cnc1)C1CC1. The van der Waals surface area contributed by atoms with Gasteiger partial charge < -0.3 is 4.74 Å². The molecule has 63 valence electrons. The normalized spacial score (nSPS) is 18.8. The molecule has 1 saturated carbocycles. The zero-order chi connectivity index (χ0) is 8.39. The van der Waals surface area contributed by atoms with Gasteiger partial charge in [-0.3, -0.25) is 4.98 Å². The van der Waals surface area contributed by atoms with E-state index in [1.54, 1.807) is 12.4 Å². The summed E-state index contributed by atoms with van der Waals surface area (Å²) >= 11 is 0. The van der Waals surface area contributed by atoms with Crippen LogP contribution in [0, 0.1) is 12.0 Å². The fourth-order valence-electron chi connectivity index (χ4n) is 1.25. The number of pyridine rings is 1. The van der Waals surface area contributed by atoms with E-state index in [2.05, 4.69) is 18.0 Å². The van der Waals surface area contributed by atoms with E-state index in [9.17, 15) is 0 Å². The van der Waals surface area contributed by atoms with E-state index >= 15 is 0 Å². The fraction of sp³-hybridized carbons (Fsp3) is 0.500. The Labute approximate surface area is 72.6 Å². The van der Waals surface area contributed by atoms with E-state index in [1.807, 2.05) is 6.07 Å². The van der Waals surface area contributed by atoms with Crippen LogP contribution in [-0.4, -0.2) is 11.1 Å². The molecule has 1 aliphatic carbocycles. The molecular formula is C10H12NO. The second kappa shape index (κ2) is 3.13. The molecule has 2 heteroatoms. The summed E-state index contributed by atoms with van der Waals surface area (Å²) in [6, 6.07) is 4.71. The number of aromatic nitrogens is 1. The predicted octanol–water partition coefficient (Wildman–Crippen LogP) is 2.06. The van der Waals surface area contributed by atoms with Crippen LogP contribution in [0.4, 0.5) is 0 Å². The Morgan fingerprint density at radius 3 is 3.08 bits per heavy atom. The Hall–Kier alpha value is -1.05. The lowest BCUT2D eigenvalue weighted by molar-refractivity contribution is 0.197. The van der Waals surface area contributed by atoms with Crippen molar-refractivity contribution < 1.29 is 4.74 Å². The quantitative estimate of drug-likeness (QED) is 0.678. The van der Waals surface area contributed by atoms with Gasteiger partial charge in [0.25, 0.3) is 0 Å². The molecular weight excluding hydrogens is 150 g/mol. The Morgan fingerprint density at radius 2 is 2.50 bits per heavy atom. The molecule has 12 heavy (non-hydrogen) atoms. The summed E-state index contributed by atoms with van der Waals surface area (Å²) in [6.07, 6.45) is 6.32. The Kier molecular flexibility index (Phi) is 1.98. The van der Waals surface area contributed by atoms with Gasteiger partial charge in [-0.1, -0.05) is 0 Å². The van der Waals surface area contributed by atoms with E-state index in [0.29, 0.717) is 6.10 Å². The molecule has 0 aliphatic heterocycles. The van der Waals surface area contributed by atoms with Gasteiger partial charge in [0, 0.05) is 12.3 Å². The van der Waals surface area contributed by atoms with Gasteiger partial charge in [0.15, 0.2) is 0 Å². The lowest BCUT2D eigenvalue weighted by Gasteiger charge is -2.12. The standard InChI is InChI=1S/C10H12NO/c1-8(9-4-5-9)12-10-3-2-6-11-7-10/h3,6-9H,4-5H2,1H3. The topological polar surface area (TPSA) is 22.1 Å². The molecule has 2 nitrogen and oxygen atoms in total. The smallest absolute Gasteiger partial charge is 0.138 e. The van der Waals surface area contributed by atoms with Crippen LogP contribution in [0.2, 0.25) is 0 Å². The summed E-state index contributed by atoms with van der Waals surface area (Å²) < 4.78 is 5.64. The minimum absolute atomic E-state index is 0.336. The van der Waals surface area contributed by atoms with E-state index < -0.39 is 0 Å². The average Bonchev–Trinajstić information content (AvgIpc) is 2.88. The third-order valence-corrected chi connectivity index (χ3v) is 2.18. The van der Waals surface area contributed by atoms with Crippen LogP contribution in [-0.2, 0) is 0 Å². The molecule has 0 bridgehead atoms. The van der Waals surface area contributed by atoms with Crippen molar-refractivity contribution in [3.8, 4) is 5.75 Å². The van der Waals surface area contributed by atoms with Gasteiger partial charge in [-0.2, -0.15) is 0 Å². The van der Waals surface area contributed by atoms with E-state index in [-0.39, 0.29) is 0 Å². The van der Waals surface area contributed by atoms with Gasteiger partial charge >= 0.3 is 0 Å². The first kappa shape index (κ1) is 7.59. The van der Waals surface area contributed by atoms with Gasteiger partial charge in [-0.15, -0.1) is 0 Å². The third-order valence-electron chi connectivity index (χ3n) is 2.18. The summed E-state index contributed by atoms with van der Waals surface area (Å²) in [6.45, 7) is 2.12. The molecule has 0 N–H and O–H groups in total. The van der Waals surface area contributed by atoms with Crippen molar-refractivity contribution in [1.29, 1.82) is 0 Å². The molecule has 1 aromatic heterocycles.